The molecule has 0 atom stereocenters. The van der Waals surface area contributed by atoms with E-state index in [4.69, 9.17) is 9.97 Å². The number of aromatic nitrogens is 4. The molecule has 0 saturated heterocycles. The van der Waals surface area contributed by atoms with Crippen LogP contribution < -0.4 is 0 Å². The molecule has 4 heterocycles. The molecule has 0 fully saturated rings. The molecule has 11 rings (SSSR count). The summed E-state index contributed by atoms with van der Waals surface area (Å²) in [5.74, 6) is 0.946. The van der Waals surface area contributed by atoms with E-state index in [0.717, 1.165) is 66.5 Å². The van der Waals surface area contributed by atoms with Gasteiger partial charge in [-0.15, -0.1) is 23.8 Å². The zero-order chi connectivity index (χ0) is 47.3. The average Bonchev–Trinajstić information content (AvgIpc) is 3.85. The molecular formula is C62H61N4OPt-. The summed E-state index contributed by atoms with van der Waals surface area (Å²) in [4.78, 5) is 10.9. The Labute approximate surface area is 415 Å². The van der Waals surface area contributed by atoms with Gasteiger partial charge in [0.1, 0.15) is 11.6 Å². The number of nitrogens with zero attached hydrogens (tertiary/aromatic N) is 4. The maximum Gasteiger partial charge on any atom is 0.148 e. The first kappa shape index (κ1) is 45.7. The summed E-state index contributed by atoms with van der Waals surface area (Å²) < 4.78 is 4.76. The van der Waals surface area contributed by atoms with Crippen LogP contribution in [-0.4, -0.2) is 24.0 Å². The molecule has 4 aromatic heterocycles. The molecule has 0 spiro atoms. The number of fused-ring (bicyclic) bond motifs is 7. The van der Waals surface area contributed by atoms with E-state index < -0.39 is 0 Å². The fourth-order valence-corrected chi connectivity index (χ4v) is 11.0. The van der Waals surface area contributed by atoms with Gasteiger partial charge < -0.3 is 9.51 Å². The van der Waals surface area contributed by atoms with Crippen molar-refractivity contribution in [2.24, 2.45) is 0 Å². The molecule has 0 saturated carbocycles. The summed E-state index contributed by atoms with van der Waals surface area (Å²) in [6, 6.07) is 47.9. The molecule has 0 aliphatic heterocycles. The normalized spacial score (nSPS) is 14.7. The molecule has 1 aliphatic carbocycles. The minimum absolute atomic E-state index is 0. The Balaban J connectivity index is 0.00000539. The van der Waals surface area contributed by atoms with Crippen LogP contribution in [0.4, 0.5) is 0 Å². The van der Waals surface area contributed by atoms with Crippen LogP contribution in [0.3, 0.4) is 0 Å². The maximum absolute atomic E-state index is 12.6. The molecule has 68 heavy (non-hydrogen) atoms. The summed E-state index contributed by atoms with van der Waals surface area (Å²) in [5, 5.41) is 16.1. The number of hydrogen-bond donors (Lipinski definition) is 1. The average molecular weight is 1070 g/mol. The van der Waals surface area contributed by atoms with E-state index in [1.165, 1.54) is 38.5 Å². The molecule has 1 aliphatic rings. The number of phenolic OH excluding ortho intramolecular Hbond substituents is 1. The standard InChI is InChI=1S/C62H61N4O.Pt/c1-58(2,3)38-27-29-48(42(33-38)36-20-15-14-16-21-36)66-50-25-19-23-40(53(50)64-57(66)44-34-39(59(4,5)6)35-46(56(44)67)60(7,8)9)37-26-28-49-43(32-37)54-51-45(30-31-63-54)61(10,11)62(12,13)52-41-22-17-18-24-47(41)65(49)55(51)52;/h14-31,33-35,67H,1-13H3;/q-1;. The molecular weight excluding hydrogens is 1010 g/mol. The van der Waals surface area contributed by atoms with Gasteiger partial charge in [-0.3, -0.25) is 9.55 Å². The van der Waals surface area contributed by atoms with Crippen LogP contribution in [0, 0.1) is 6.07 Å². The predicted octanol–water partition coefficient (Wildman–Crippen LogP) is 16.1. The monoisotopic (exact) mass is 1070 g/mol. The summed E-state index contributed by atoms with van der Waals surface area (Å²) in [5.41, 5.74) is 17.2. The number of benzene rings is 6. The van der Waals surface area contributed by atoms with Crippen molar-refractivity contribution in [3.8, 4) is 45.1 Å². The minimum Gasteiger partial charge on any atom is -0.507 e. The smallest absolute Gasteiger partial charge is 0.148 e. The van der Waals surface area contributed by atoms with E-state index in [0.29, 0.717) is 11.4 Å². The summed E-state index contributed by atoms with van der Waals surface area (Å²) in [6.07, 6.45) is 1.99. The van der Waals surface area contributed by atoms with Crippen molar-refractivity contribution in [2.75, 3.05) is 0 Å². The number of phenols is 1. The number of rotatable bonds is 4. The van der Waals surface area contributed by atoms with Crippen LogP contribution >= 0.6 is 0 Å². The molecule has 0 unspecified atom stereocenters. The Bertz CT molecular complexity index is 3700. The van der Waals surface area contributed by atoms with E-state index in [2.05, 4.69) is 226 Å². The first-order valence-electron chi connectivity index (χ1n) is 23.9. The third-order valence-electron chi connectivity index (χ3n) is 15.5. The van der Waals surface area contributed by atoms with Gasteiger partial charge in [-0.1, -0.05) is 174 Å². The third-order valence-corrected chi connectivity index (χ3v) is 15.5. The van der Waals surface area contributed by atoms with Gasteiger partial charge in [0.05, 0.1) is 22.3 Å². The largest absolute Gasteiger partial charge is 0.507 e. The number of pyridine rings is 2. The van der Waals surface area contributed by atoms with E-state index >= 15 is 0 Å². The Morgan fingerprint density at radius 1 is 0.588 bits per heavy atom. The van der Waals surface area contributed by atoms with Crippen LogP contribution in [0.5, 0.6) is 5.75 Å². The molecule has 0 amide bonds. The Hall–Kier alpha value is -6.03. The van der Waals surface area contributed by atoms with Gasteiger partial charge in [0.25, 0.3) is 0 Å². The van der Waals surface area contributed by atoms with Crippen molar-refractivity contribution in [1.29, 1.82) is 0 Å². The molecule has 0 bridgehead atoms. The second kappa shape index (κ2) is 15.2. The van der Waals surface area contributed by atoms with Gasteiger partial charge >= 0.3 is 0 Å². The number of hydrogen-bond acceptors (Lipinski definition) is 3. The number of para-hydroxylation sites is 2. The van der Waals surface area contributed by atoms with Crippen molar-refractivity contribution < 1.29 is 26.2 Å². The summed E-state index contributed by atoms with van der Waals surface area (Å²) in [7, 11) is 0. The summed E-state index contributed by atoms with van der Waals surface area (Å²) in [6.45, 7) is 29.6. The molecule has 6 aromatic carbocycles. The first-order valence-corrected chi connectivity index (χ1v) is 23.9. The molecule has 346 valence electrons. The Kier molecular flexibility index (Phi) is 10.2. The van der Waals surface area contributed by atoms with E-state index in [1.807, 2.05) is 6.20 Å². The number of imidazole rings is 1. The van der Waals surface area contributed by atoms with Crippen molar-refractivity contribution in [2.45, 2.75) is 117 Å². The molecule has 6 heteroatoms. The second-order valence-electron chi connectivity index (χ2n) is 23.3. The SMILES string of the molecule is CC(C)(C)c1ccc(-n2c(-c3cc(C(C)(C)C)cc(C(C)(C)C)c3O)nc3c(-c4[c-]c5c6nccc7c6c6c(c8ccccc8n6c5cc4)C(C)(C)C7(C)C)cccc32)c(-c2ccccc2)c1.[Pt]. The van der Waals surface area contributed by atoms with Crippen LogP contribution in [0.1, 0.15) is 118 Å². The zero-order valence-electron chi connectivity index (χ0n) is 41.7. The Morgan fingerprint density at radius 2 is 1.26 bits per heavy atom. The topological polar surface area (TPSA) is 55.3 Å². The van der Waals surface area contributed by atoms with Crippen LogP contribution in [-0.2, 0) is 48.1 Å². The zero-order valence-corrected chi connectivity index (χ0v) is 43.9. The van der Waals surface area contributed by atoms with Gasteiger partial charge in [0.2, 0.25) is 0 Å². The second-order valence-corrected chi connectivity index (χ2v) is 23.3. The van der Waals surface area contributed by atoms with Gasteiger partial charge in [0.15, 0.2) is 0 Å². The van der Waals surface area contributed by atoms with Crippen LogP contribution in [0.2, 0.25) is 0 Å². The van der Waals surface area contributed by atoms with Gasteiger partial charge in [-0.2, -0.15) is 0 Å². The fraction of sp³-hybridized carbons (Fsp3) is 0.290. The van der Waals surface area contributed by atoms with E-state index in [-0.39, 0.29) is 53.9 Å². The van der Waals surface area contributed by atoms with Crippen molar-refractivity contribution in [1.82, 2.24) is 18.9 Å². The Morgan fingerprint density at radius 3 is 1.97 bits per heavy atom. The van der Waals surface area contributed by atoms with Gasteiger partial charge in [0, 0.05) is 65.7 Å². The summed E-state index contributed by atoms with van der Waals surface area (Å²) >= 11 is 0. The third kappa shape index (κ3) is 6.58. The predicted molar refractivity (Wildman–Crippen MR) is 281 cm³/mol. The molecule has 5 nitrogen and oxygen atoms in total. The van der Waals surface area contributed by atoms with Gasteiger partial charge in [-0.05, 0) is 96.8 Å². The van der Waals surface area contributed by atoms with Crippen molar-refractivity contribution in [3.63, 3.8) is 0 Å². The van der Waals surface area contributed by atoms with E-state index in [1.54, 1.807) is 0 Å². The fourth-order valence-electron chi connectivity index (χ4n) is 11.0. The molecule has 1 N–H and O–H groups in total. The van der Waals surface area contributed by atoms with Crippen molar-refractivity contribution >= 4 is 49.3 Å². The molecule has 10 aromatic rings. The van der Waals surface area contributed by atoms with Gasteiger partial charge in [-0.25, -0.2) is 4.98 Å². The van der Waals surface area contributed by atoms with E-state index in [9.17, 15) is 5.11 Å². The maximum atomic E-state index is 12.6. The molecule has 0 radical (unpaired) electrons. The number of aromatic hydroxyl groups is 1. The van der Waals surface area contributed by atoms with Crippen molar-refractivity contribution in [3.05, 3.63) is 161 Å². The van der Waals surface area contributed by atoms with Crippen LogP contribution in [0.25, 0.3) is 88.6 Å². The quantitative estimate of drug-likeness (QED) is 0.141. The first-order chi connectivity index (χ1) is 31.6. The van der Waals surface area contributed by atoms with Crippen LogP contribution in [0.15, 0.2) is 128 Å². The minimum atomic E-state index is -0.328.